The Morgan fingerprint density at radius 1 is 0.677 bits per heavy atom. The van der Waals surface area contributed by atoms with Crippen LogP contribution in [0.2, 0.25) is 0 Å². The van der Waals surface area contributed by atoms with Crippen molar-refractivity contribution in [3.63, 3.8) is 0 Å². The van der Waals surface area contributed by atoms with Crippen molar-refractivity contribution in [2.75, 3.05) is 0 Å². The summed E-state index contributed by atoms with van der Waals surface area (Å²) < 4.78 is 0. The smallest absolute Gasteiger partial charge is 0.335 e. The molecule has 0 aliphatic heterocycles. The van der Waals surface area contributed by atoms with E-state index in [0.29, 0.717) is 17.5 Å². The second-order valence-electron chi connectivity index (χ2n) is 7.17. The molecule has 6 heteroatoms. The molecule has 2 rings (SSSR count). The summed E-state index contributed by atoms with van der Waals surface area (Å²) in [5.74, 6) is -1.76. The minimum absolute atomic E-state index is 0.299. The van der Waals surface area contributed by atoms with Crippen molar-refractivity contribution in [2.45, 2.75) is 71.0 Å². The third-order valence-corrected chi connectivity index (χ3v) is 4.37. The number of aliphatic hydroxyl groups excluding tert-OH is 2. The van der Waals surface area contributed by atoms with Gasteiger partial charge in [-0.3, -0.25) is 0 Å². The van der Waals surface area contributed by atoms with Crippen molar-refractivity contribution in [1.29, 1.82) is 0 Å². The summed E-state index contributed by atoms with van der Waals surface area (Å²) in [6.45, 7) is 4.22. The van der Waals surface area contributed by atoms with Gasteiger partial charge >= 0.3 is 11.9 Å². The molecule has 2 aromatic carbocycles. The molecule has 6 nitrogen and oxygen atoms in total. The molecule has 2 unspecified atom stereocenters. The quantitative estimate of drug-likeness (QED) is 0.408. The van der Waals surface area contributed by atoms with E-state index in [9.17, 15) is 19.8 Å². The van der Waals surface area contributed by atoms with E-state index in [1.54, 1.807) is 60.7 Å². The zero-order chi connectivity index (χ0) is 23.5. The number of carboxylic acid groups (broad SMARTS) is 2. The first-order chi connectivity index (χ1) is 14.8. The normalized spacial score (nSPS) is 11.7. The largest absolute Gasteiger partial charge is 0.478 e. The predicted molar refractivity (Wildman–Crippen MR) is 122 cm³/mol. The summed E-state index contributed by atoms with van der Waals surface area (Å²) in [7, 11) is 0. The summed E-state index contributed by atoms with van der Waals surface area (Å²) in [5, 5.41) is 35.7. The van der Waals surface area contributed by atoms with E-state index < -0.39 is 11.9 Å². The van der Waals surface area contributed by atoms with Crippen LogP contribution in [0.25, 0.3) is 0 Å². The Hall–Kier alpha value is -2.70. The molecule has 0 saturated heterocycles. The van der Waals surface area contributed by atoms with E-state index in [0.717, 1.165) is 38.5 Å². The van der Waals surface area contributed by atoms with Gasteiger partial charge in [0.25, 0.3) is 0 Å². The minimum atomic E-state index is -0.879. The molecule has 2 atom stereocenters. The summed E-state index contributed by atoms with van der Waals surface area (Å²) in [6, 6.07) is 16.6. The second-order valence-corrected chi connectivity index (χ2v) is 7.17. The Kier molecular flexibility index (Phi) is 16.5. The maximum absolute atomic E-state index is 10.2. The number of unbranched alkanes of at least 4 members (excludes halogenated alkanes) is 2. The van der Waals surface area contributed by atoms with E-state index in [2.05, 4.69) is 13.8 Å². The Morgan fingerprint density at radius 3 is 1.23 bits per heavy atom. The van der Waals surface area contributed by atoms with E-state index in [-0.39, 0.29) is 12.2 Å². The lowest BCUT2D eigenvalue weighted by Crippen LogP contribution is -2.17. The highest BCUT2D eigenvalue weighted by Gasteiger charge is 2.10. The third-order valence-electron chi connectivity index (χ3n) is 4.37. The molecule has 0 amide bonds. The molecule has 0 aromatic heterocycles. The number of aliphatic hydroxyl groups is 2. The molecule has 0 heterocycles. The van der Waals surface area contributed by atoms with E-state index in [1.807, 2.05) is 0 Å². The van der Waals surface area contributed by atoms with E-state index in [1.165, 1.54) is 0 Å². The molecule has 0 aliphatic carbocycles. The monoisotopic (exact) mass is 432 g/mol. The van der Waals surface area contributed by atoms with Gasteiger partial charge in [-0.2, -0.15) is 0 Å². The molecule has 0 saturated carbocycles. The SMILES string of the molecule is CCCCC(O)CC(O)CCCC.O=C(O)c1ccccc1.O=C(O)c1ccccc1. The molecule has 0 radical (unpaired) electrons. The molecule has 31 heavy (non-hydrogen) atoms. The Bertz CT molecular complexity index is 641. The maximum atomic E-state index is 10.2. The fourth-order valence-electron chi connectivity index (χ4n) is 2.59. The molecule has 0 aliphatic rings. The number of carboxylic acids is 2. The van der Waals surface area contributed by atoms with Crippen LogP contribution in [-0.4, -0.2) is 44.6 Å². The molecule has 4 N–H and O–H groups in total. The van der Waals surface area contributed by atoms with Crippen molar-refractivity contribution in [1.82, 2.24) is 0 Å². The van der Waals surface area contributed by atoms with Gasteiger partial charge in [-0.25, -0.2) is 9.59 Å². The summed E-state index contributed by atoms with van der Waals surface area (Å²) in [5.41, 5.74) is 0.662. The average molecular weight is 433 g/mol. The van der Waals surface area contributed by atoms with Gasteiger partial charge in [0, 0.05) is 0 Å². The molecule has 0 fully saturated rings. The zero-order valence-corrected chi connectivity index (χ0v) is 18.5. The van der Waals surface area contributed by atoms with Gasteiger partial charge in [-0.1, -0.05) is 75.9 Å². The van der Waals surface area contributed by atoms with Gasteiger partial charge in [0.15, 0.2) is 0 Å². The first-order valence-corrected chi connectivity index (χ1v) is 10.7. The van der Waals surface area contributed by atoms with Gasteiger partial charge in [0.1, 0.15) is 0 Å². The second kappa shape index (κ2) is 18.1. The van der Waals surface area contributed by atoms with Crippen molar-refractivity contribution < 1.29 is 30.0 Å². The number of benzene rings is 2. The van der Waals surface area contributed by atoms with Gasteiger partial charge in [-0.15, -0.1) is 0 Å². The molecule has 0 spiro atoms. The van der Waals surface area contributed by atoms with Gasteiger partial charge in [-0.05, 0) is 43.5 Å². The van der Waals surface area contributed by atoms with Crippen LogP contribution < -0.4 is 0 Å². The number of rotatable bonds is 10. The summed E-state index contributed by atoms with van der Waals surface area (Å²) in [4.78, 5) is 20.4. The van der Waals surface area contributed by atoms with Crippen LogP contribution in [0.1, 0.15) is 79.5 Å². The van der Waals surface area contributed by atoms with Gasteiger partial charge < -0.3 is 20.4 Å². The fraction of sp³-hybridized carbons (Fsp3) is 0.440. The van der Waals surface area contributed by atoms with Crippen LogP contribution in [0.5, 0.6) is 0 Å². The van der Waals surface area contributed by atoms with Crippen LogP contribution in [-0.2, 0) is 0 Å². The van der Waals surface area contributed by atoms with Gasteiger partial charge in [0.2, 0.25) is 0 Å². The topological polar surface area (TPSA) is 115 Å². The molecular formula is C25H36O6. The molecule has 0 bridgehead atoms. The number of aromatic carboxylic acids is 2. The van der Waals surface area contributed by atoms with Crippen LogP contribution in [0.15, 0.2) is 60.7 Å². The van der Waals surface area contributed by atoms with Crippen LogP contribution in [0, 0.1) is 0 Å². The van der Waals surface area contributed by atoms with Crippen molar-refractivity contribution >= 4 is 11.9 Å². The Balaban J connectivity index is 0.000000445. The van der Waals surface area contributed by atoms with Crippen molar-refractivity contribution in [3.05, 3.63) is 71.8 Å². The van der Waals surface area contributed by atoms with Crippen molar-refractivity contribution in [2.24, 2.45) is 0 Å². The number of hydrogen-bond donors (Lipinski definition) is 4. The zero-order valence-electron chi connectivity index (χ0n) is 18.5. The number of hydrogen-bond acceptors (Lipinski definition) is 4. The van der Waals surface area contributed by atoms with Crippen LogP contribution in [0.3, 0.4) is 0 Å². The highest BCUT2D eigenvalue weighted by atomic mass is 16.4. The lowest BCUT2D eigenvalue weighted by atomic mass is 10.0. The Labute approximate surface area is 185 Å². The third kappa shape index (κ3) is 15.8. The molecule has 2 aromatic rings. The molecular weight excluding hydrogens is 396 g/mol. The van der Waals surface area contributed by atoms with Gasteiger partial charge in [0.05, 0.1) is 23.3 Å². The summed E-state index contributed by atoms with van der Waals surface area (Å²) >= 11 is 0. The average Bonchev–Trinajstić information content (AvgIpc) is 2.78. The lowest BCUT2D eigenvalue weighted by molar-refractivity contribution is 0.0681. The highest BCUT2D eigenvalue weighted by Crippen LogP contribution is 2.11. The standard InChI is InChI=1S/C11H24O2.2C7H6O2/c1-3-5-7-10(12)9-11(13)8-6-4-2;2*8-7(9)6-4-2-1-3-5-6/h10-13H,3-9H2,1-2H3;2*1-5H,(H,8,9). The number of carbonyl (C=O) groups is 2. The maximum Gasteiger partial charge on any atom is 0.335 e. The minimum Gasteiger partial charge on any atom is -0.478 e. The lowest BCUT2D eigenvalue weighted by Gasteiger charge is -2.14. The highest BCUT2D eigenvalue weighted by molar-refractivity contribution is 5.87. The predicted octanol–water partition coefficient (Wildman–Crippen LogP) is 5.25. The fourth-order valence-corrected chi connectivity index (χ4v) is 2.59. The van der Waals surface area contributed by atoms with Crippen LogP contribution in [0.4, 0.5) is 0 Å². The summed E-state index contributed by atoms with van der Waals surface area (Å²) in [6.07, 6.45) is 5.96. The first kappa shape index (κ1) is 28.3. The first-order valence-electron chi connectivity index (χ1n) is 10.7. The van der Waals surface area contributed by atoms with E-state index >= 15 is 0 Å². The van der Waals surface area contributed by atoms with Crippen molar-refractivity contribution in [3.8, 4) is 0 Å². The molecule has 172 valence electrons. The van der Waals surface area contributed by atoms with E-state index in [4.69, 9.17) is 10.2 Å². The Morgan fingerprint density at radius 2 is 1.00 bits per heavy atom. The van der Waals surface area contributed by atoms with Crippen LogP contribution >= 0.6 is 0 Å².